The molecule has 0 bridgehead atoms. The van der Waals surface area contributed by atoms with Crippen LogP contribution in [-0.4, -0.2) is 134 Å². The molecule has 0 aromatic heterocycles. The first-order valence-electron chi connectivity index (χ1n) is 6.85. The molecule has 0 spiro atoms. The van der Waals surface area contributed by atoms with E-state index in [1.165, 1.54) is 0 Å². The monoisotopic (exact) mass is 782 g/mol. The molecule has 0 aromatic rings. The summed E-state index contributed by atoms with van der Waals surface area (Å²) in [6.07, 6.45) is -13.6. The van der Waals surface area contributed by atoms with Crippen LogP contribution in [-0.2, 0) is 28.8 Å². The van der Waals surface area contributed by atoms with Crippen LogP contribution in [0.3, 0.4) is 0 Å². The van der Waals surface area contributed by atoms with Crippen LogP contribution < -0.4 is 0 Å². The van der Waals surface area contributed by atoms with Crippen molar-refractivity contribution in [3.63, 3.8) is 0 Å². The van der Waals surface area contributed by atoms with Gasteiger partial charge in [0.1, 0.15) is 0 Å². The number of aliphatic hydroxyl groups excluding tert-OH is 6. The van der Waals surface area contributed by atoms with Gasteiger partial charge in [-0.3, -0.25) is 0 Å². The van der Waals surface area contributed by atoms with Crippen LogP contribution in [0.1, 0.15) is 0 Å². The van der Waals surface area contributed by atoms with E-state index in [1.54, 1.807) is 0 Å². The fourth-order valence-electron chi connectivity index (χ4n) is 0.810. The molecule has 0 aliphatic rings. The number of hydrogen-bond acceptors (Lipinski definition) is 12. The first-order chi connectivity index (χ1) is 13.4. The summed E-state index contributed by atoms with van der Waals surface area (Å²) in [6, 6.07) is 0. The third-order valence-electron chi connectivity index (χ3n) is 2.42. The largest absolute Gasteiger partial charge is 0.479 e. The van der Waals surface area contributed by atoms with Gasteiger partial charge in [0.05, 0.1) is 0 Å². The summed E-state index contributed by atoms with van der Waals surface area (Å²) in [5.41, 5.74) is 0. The molecule has 6 unspecified atom stereocenters. The van der Waals surface area contributed by atoms with Crippen LogP contribution in [0.4, 0.5) is 0 Å². The second-order valence-corrected chi connectivity index (χ2v) is 4.70. The smallest absolute Gasteiger partial charge is 0.335 e. The maximum atomic E-state index is 9.77. The van der Waals surface area contributed by atoms with Gasteiger partial charge in [-0.2, -0.15) is 0 Å². The molecule has 0 aliphatic heterocycles. The van der Waals surface area contributed by atoms with Crippen LogP contribution in [0.15, 0.2) is 0 Å². The molecule has 20 heteroatoms. The van der Waals surface area contributed by atoms with E-state index in [4.69, 9.17) is 61.3 Å². The molecule has 18 nitrogen and oxygen atoms in total. The van der Waals surface area contributed by atoms with Gasteiger partial charge in [0.2, 0.25) is 0 Å². The van der Waals surface area contributed by atoms with E-state index in [1.807, 2.05) is 0 Å². The maximum absolute atomic E-state index is 9.77. The van der Waals surface area contributed by atoms with Gasteiger partial charge >= 0.3 is 35.8 Å². The molecule has 0 heterocycles. The minimum Gasteiger partial charge on any atom is -0.479 e. The molecule has 198 valence electrons. The SMILES string of the molecule is O=C(O)C(O)C(O)C(=O)O.O=C(O)C(O)C(O)C(=O)O.O=C(O)C(O)C(O)C(=O)O.[Er].[Er]. The second kappa shape index (κ2) is 20.7. The molecule has 0 rings (SSSR count). The van der Waals surface area contributed by atoms with Gasteiger partial charge in [-0.15, -0.1) is 0 Å². The van der Waals surface area contributed by atoms with Crippen LogP contribution in [0.25, 0.3) is 0 Å². The summed E-state index contributed by atoms with van der Waals surface area (Å²) in [7, 11) is 0. The van der Waals surface area contributed by atoms with Crippen LogP contribution >= 0.6 is 0 Å². The van der Waals surface area contributed by atoms with E-state index < -0.39 is 72.4 Å². The first-order valence-corrected chi connectivity index (χ1v) is 6.85. The molecule has 12 N–H and O–H groups in total. The zero-order valence-corrected chi connectivity index (χ0v) is 18.6. The summed E-state index contributed by atoms with van der Waals surface area (Å²) < 4.78 is 0. The van der Waals surface area contributed by atoms with Crippen molar-refractivity contribution in [1.29, 1.82) is 0 Å². The van der Waals surface area contributed by atoms with E-state index in [-0.39, 0.29) is 74.6 Å². The Labute approximate surface area is 235 Å². The van der Waals surface area contributed by atoms with Crippen molar-refractivity contribution in [2.75, 3.05) is 0 Å². The Kier molecular flexibility index (Phi) is 26.7. The summed E-state index contributed by atoms with van der Waals surface area (Å²) >= 11 is 0. The Morgan fingerprint density at radius 1 is 0.312 bits per heavy atom. The van der Waals surface area contributed by atoms with Crippen molar-refractivity contribution in [1.82, 2.24) is 0 Å². The van der Waals surface area contributed by atoms with Gasteiger partial charge in [0.15, 0.2) is 36.6 Å². The van der Waals surface area contributed by atoms with Crippen LogP contribution in [0, 0.1) is 74.6 Å². The predicted octanol–water partition coefficient (Wildman–Crippen LogP) is -6.37. The van der Waals surface area contributed by atoms with Gasteiger partial charge in [-0.25, -0.2) is 28.8 Å². The molecular weight excluding hydrogens is 767 g/mol. The topological polar surface area (TPSA) is 345 Å². The molecule has 0 amide bonds. The van der Waals surface area contributed by atoms with Crippen molar-refractivity contribution in [3.8, 4) is 0 Å². The van der Waals surface area contributed by atoms with Gasteiger partial charge in [0.25, 0.3) is 0 Å². The number of aliphatic hydroxyl groups is 6. The standard InChI is InChI=1S/3C4H6O6.2Er/c3*5-1(3(7)8)2(6)4(9)10;;/h3*1-2,5-6H,(H,7,8)(H,9,10);;. The Bertz CT molecular complexity index is 498. The summed E-state index contributed by atoms with van der Waals surface area (Å²) in [5.74, 6) is -10.6. The third-order valence-corrected chi connectivity index (χ3v) is 2.42. The number of aliphatic carboxylic acids is 6. The number of carboxylic acids is 6. The summed E-state index contributed by atoms with van der Waals surface area (Å²) in [4.78, 5) is 58.6. The Hall–Kier alpha value is -0.926. The van der Waals surface area contributed by atoms with Crippen molar-refractivity contribution >= 4 is 35.8 Å². The zero-order valence-electron chi connectivity index (χ0n) is 14.9. The van der Waals surface area contributed by atoms with Gasteiger partial charge < -0.3 is 61.3 Å². The molecule has 0 saturated carbocycles. The number of carboxylic acid groups (broad SMARTS) is 6. The van der Waals surface area contributed by atoms with Crippen LogP contribution in [0.2, 0.25) is 0 Å². The summed E-state index contributed by atoms with van der Waals surface area (Å²) in [5, 5.41) is 97.6. The summed E-state index contributed by atoms with van der Waals surface area (Å²) in [6.45, 7) is 0. The average molecular weight is 785 g/mol. The van der Waals surface area contributed by atoms with Crippen molar-refractivity contribution in [3.05, 3.63) is 0 Å². The minimum atomic E-state index is -2.27. The molecule has 0 aliphatic carbocycles. The Morgan fingerprint density at radius 3 is 0.406 bits per heavy atom. The fourth-order valence-corrected chi connectivity index (χ4v) is 0.810. The van der Waals surface area contributed by atoms with E-state index in [0.717, 1.165) is 0 Å². The molecule has 0 radical (unpaired) electrons. The van der Waals surface area contributed by atoms with E-state index in [2.05, 4.69) is 0 Å². The maximum Gasteiger partial charge on any atom is 0.335 e. The molecule has 0 aromatic carbocycles. The first kappa shape index (κ1) is 41.3. The molecule has 0 saturated heterocycles. The van der Waals surface area contributed by atoms with Gasteiger partial charge in [-0.1, -0.05) is 0 Å². The van der Waals surface area contributed by atoms with E-state index >= 15 is 0 Å². The zero-order chi connectivity index (χ0) is 24.9. The van der Waals surface area contributed by atoms with E-state index in [0.29, 0.717) is 0 Å². The van der Waals surface area contributed by atoms with E-state index in [9.17, 15) is 28.8 Å². The quantitative estimate of drug-likeness (QED) is 0.103. The van der Waals surface area contributed by atoms with Crippen molar-refractivity contribution in [2.45, 2.75) is 36.6 Å². The van der Waals surface area contributed by atoms with Crippen LogP contribution in [0.5, 0.6) is 0 Å². The normalized spacial score (nSPS) is 14.8. The minimum absolute atomic E-state index is 0. The fraction of sp³-hybridized carbons (Fsp3) is 0.500. The Balaban J connectivity index is -0.000000110. The molecule has 0 fully saturated rings. The Morgan fingerprint density at radius 2 is 0.375 bits per heavy atom. The third kappa shape index (κ3) is 18.6. The van der Waals surface area contributed by atoms with Gasteiger partial charge in [-0.05, 0) is 0 Å². The van der Waals surface area contributed by atoms with Gasteiger partial charge in [0, 0.05) is 74.6 Å². The second-order valence-electron chi connectivity index (χ2n) is 4.70. The molecule has 32 heavy (non-hydrogen) atoms. The van der Waals surface area contributed by atoms with Crippen molar-refractivity contribution < 1.29 is 165 Å². The number of rotatable bonds is 9. The average Bonchev–Trinajstić information content (AvgIpc) is 2.64. The predicted molar refractivity (Wildman–Crippen MR) is 81.9 cm³/mol. The molecular formula is C12H18Er2O18. The number of carbonyl (C=O) groups is 6. The number of hydrogen-bond donors (Lipinski definition) is 12. The molecule has 6 atom stereocenters. The van der Waals surface area contributed by atoms with Crippen molar-refractivity contribution in [2.24, 2.45) is 0 Å².